The lowest BCUT2D eigenvalue weighted by molar-refractivity contribution is 0.0696. The van der Waals surface area contributed by atoms with Crippen molar-refractivity contribution in [2.45, 2.75) is 38.6 Å². The summed E-state index contributed by atoms with van der Waals surface area (Å²) >= 11 is 0. The second-order valence-corrected chi connectivity index (χ2v) is 5.99. The lowest BCUT2D eigenvalue weighted by atomic mass is 9.90. The average Bonchev–Trinajstić information content (AvgIpc) is 2.38. The number of ether oxygens (including phenoxy) is 1. The summed E-state index contributed by atoms with van der Waals surface area (Å²) in [6.45, 7) is 6.36. The van der Waals surface area contributed by atoms with Crippen molar-refractivity contribution in [3.05, 3.63) is 23.4 Å². The van der Waals surface area contributed by atoms with Gasteiger partial charge in [0, 0.05) is 24.8 Å². The zero-order chi connectivity index (χ0) is 16.0. The van der Waals surface area contributed by atoms with Crippen LogP contribution < -0.4 is 5.32 Å². The molecule has 6 heteroatoms. The third-order valence-electron chi connectivity index (χ3n) is 3.04. The first-order chi connectivity index (χ1) is 9.77. The van der Waals surface area contributed by atoms with Crippen LogP contribution in [0.15, 0.2) is 12.1 Å². The van der Waals surface area contributed by atoms with Crippen LogP contribution in [-0.4, -0.2) is 47.5 Å². The topological polar surface area (TPSA) is 91.7 Å². The van der Waals surface area contributed by atoms with Gasteiger partial charge in [-0.25, -0.2) is 9.78 Å². The fraction of sp³-hybridized carbons (Fsp3) is 0.600. The highest BCUT2D eigenvalue weighted by Gasteiger charge is 2.20. The van der Waals surface area contributed by atoms with Gasteiger partial charge in [-0.3, -0.25) is 0 Å². The predicted octanol–water partition coefficient (Wildman–Crippen LogP) is 1.89. The van der Waals surface area contributed by atoms with Crippen molar-refractivity contribution in [2.75, 3.05) is 25.6 Å². The van der Waals surface area contributed by atoms with Gasteiger partial charge >= 0.3 is 5.97 Å². The molecule has 0 aliphatic carbocycles. The summed E-state index contributed by atoms with van der Waals surface area (Å²) in [6, 6.07) is 2.96. The number of carbonyl (C=O) groups is 1. The molecule has 3 N–H and O–H groups in total. The number of rotatable bonds is 7. The minimum atomic E-state index is -0.989. The van der Waals surface area contributed by atoms with Gasteiger partial charge < -0.3 is 20.3 Å². The predicted molar refractivity (Wildman–Crippen MR) is 80.9 cm³/mol. The minimum Gasteiger partial charge on any atom is -0.478 e. The minimum absolute atomic E-state index is 0.0196. The van der Waals surface area contributed by atoms with Crippen LogP contribution in [0, 0.1) is 0 Å². The standard InChI is InChI=1S/C15H24N2O4/c1-15(2,3)12-7-10(14(19)20)8-13(17-12)16-11(5-6-18)9-21-4/h7-8,11,18H,5-6,9H2,1-4H3,(H,16,17)(H,19,20). The Morgan fingerprint density at radius 3 is 2.57 bits per heavy atom. The molecule has 0 spiro atoms. The molecule has 1 aromatic heterocycles. The first-order valence-electron chi connectivity index (χ1n) is 6.90. The molecular weight excluding hydrogens is 272 g/mol. The molecule has 0 fully saturated rings. The van der Waals surface area contributed by atoms with Crippen molar-refractivity contribution in [3.63, 3.8) is 0 Å². The molecule has 21 heavy (non-hydrogen) atoms. The second-order valence-electron chi connectivity index (χ2n) is 5.99. The number of hydrogen-bond donors (Lipinski definition) is 3. The fourth-order valence-electron chi connectivity index (χ4n) is 1.88. The number of carboxylic acids is 1. The molecule has 1 rings (SSSR count). The number of nitrogens with one attached hydrogen (secondary N) is 1. The van der Waals surface area contributed by atoms with Gasteiger partial charge in [-0.2, -0.15) is 0 Å². The summed E-state index contributed by atoms with van der Waals surface area (Å²) in [5.41, 5.74) is 0.637. The van der Waals surface area contributed by atoms with Crippen LogP contribution in [-0.2, 0) is 10.2 Å². The van der Waals surface area contributed by atoms with Gasteiger partial charge in [0.1, 0.15) is 5.82 Å². The largest absolute Gasteiger partial charge is 0.478 e. The third-order valence-corrected chi connectivity index (χ3v) is 3.04. The number of pyridine rings is 1. The van der Waals surface area contributed by atoms with Gasteiger partial charge in [0.05, 0.1) is 18.2 Å². The molecule has 6 nitrogen and oxygen atoms in total. The van der Waals surface area contributed by atoms with Crippen LogP contribution in [0.3, 0.4) is 0 Å². The lowest BCUT2D eigenvalue weighted by Crippen LogP contribution is -2.27. The zero-order valence-electron chi connectivity index (χ0n) is 13.0. The van der Waals surface area contributed by atoms with Gasteiger partial charge in [0.15, 0.2) is 0 Å². The fourth-order valence-corrected chi connectivity index (χ4v) is 1.88. The van der Waals surface area contributed by atoms with Gasteiger partial charge in [-0.1, -0.05) is 20.8 Å². The van der Waals surface area contributed by atoms with E-state index in [1.165, 1.54) is 6.07 Å². The van der Waals surface area contributed by atoms with Gasteiger partial charge in [0.2, 0.25) is 0 Å². The number of nitrogens with zero attached hydrogens (tertiary/aromatic N) is 1. The molecule has 0 bridgehead atoms. The van der Waals surface area contributed by atoms with Crippen molar-refractivity contribution in [3.8, 4) is 0 Å². The summed E-state index contributed by atoms with van der Waals surface area (Å²) in [5.74, 6) is -0.508. The van der Waals surface area contributed by atoms with Crippen molar-refractivity contribution < 1.29 is 19.7 Å². The van der Waals surface area contributed by atoms with E-state index < -0.39 is 5.97 Å². The molecule has 1 unspecified atom stereocenters. The summed E-state index contributed by atoms with van der Waals surface area (Å²) in [5, 5.41) is 21.4. The van der Waals surface area contributed by atoms with Crippen molar-refractivity contribution in [1.82, 2.24) is 4.98 Å². The van der Waals surface area contributed by atoms with E-state index in [2.05, 4.69) is 10.3 Å². The summed E-state index contributed by atoms with van der Waals surface area (Å²) in [4.78, 5) is 15.7. The van der Waals surface area contributed by atoms with Crippen LogP contribution in [0.1, 0.15) is 43.2 Å². The van der Waals surface area contributed by atoms with E-state index >= 15 is 0 Å². The molecule has 0 aromatic carbocycles. The maximum absolute atomic E-state index is 11.2. The van der Waals surface area contributed by atoms with Crippen LogP contribution in [0.2, 0.25) is 0 Å². The Kier molecular flexibility index (Phi) is 6.11. The number of aliphatic hydroxyl groups excluding tert-OH is 1. The lowest BCUT2D eigenvalue weighted by Gasteiger charge is -2.22. The number of carboxylic acid groups (broad SMARTS) is 1. The molecule has 0 aliphatic heterocycles. The first kappa shape index (κ1) is 17.4. The maximum atomic E-state index is 11.2. The first-order valence-corrected chi connectivity index (χ1v) is 6.90. The van der Waals surface area contributed by atoms with E-state index in [-0.39, 0.29) is 23.6 Å². The van der Waals surface area contributed by atoms with E-state index in [0.717, 1.165) is 0 Å². The van der Waals surface area contributed by atoms with Crippen LogP contribution >= 0.6 is 0 Å². The summed E-state index contributed by atoms with van der Waals surface area (Å²) in [6.07, 6.45) is 0.498. The third kappa shape index (κ3) is 5.32. The molecule has 0 radical (unpaired) electrons. The van der Waals surface area contributed by atoms with Gasteiger partial charge in [-0.15, -0.1) is 0 Å². The normalized spacial score (nSPS) is 13.0. The van der Waals surface area contributed by atoms with E-state index in [9.17, 15) is 9.90 Å². The summed E-state index contributed by atoms with van der Waals surface area (Å²) in [7, 11) is 1.58. The number of aromatic carboxylic acids is 1. The molecule has 0 aliphatic rings. The quantitative estimate of drug-likeness (QED) is 0.711. The van der Waals surface area contributed by atoms with Crippen molar-refractivity contribution >= 4 is 11.8 Å². The van der Waals surface area contributed by atoms with E-state index in [1.807, 2.05) is 20.8 Å². The molecule has 0 saturated carbocycles. The molecule has 1 heterocycles. The van der Waals surface area contributed by atoms with Gasteiger partial charge in [-0.05, 0) is 18.6 Å². The highest BCUT2D eigenvalue weighted by molar-refractivity contribution is 5.88. The van der Waals surface area contributed by atoms with Crippen LogP contribution in [0.4, 0.5) is 5.82 Å². The molecule has 118 valence electrons. The second kappa shape index (κ2) is 7.38. The number of aliphatic hydroxyl groups is 1. The Labute approximate surface area is 125 Å². The zero-order valence-corrected chi connectivity index (χ0v) is 13.0. The maximum Gasteiger partial charge on any atom is 0.335 e. The van der Waals surface area contributed by atoms with Crippen LogP contribution in [0.25, 0.3) is 0 Å². The molecular formula is C15H24N2O4. The Morgan fingerprint density at radius 1 is 1.43 bits per heavy atom. The molecule has 0 amide bonds. The highest BCUT2D eigenvalue weighted by Crippen LogP contribution is 2.24. The SMILES string of the molecule is COCC(CCO)Nc1cc(C(=O)O)cc(C(C)(C)C)n1. The van der Waals surface area contributed by atoms with Crippen molar-refractivity contribution in [1.29, 1.82) is 0 Å². The molecule has 1 aromatic rings. The van der Waals surface area contributed by atoms with E-state index in [0.29, 0.717) is 24.5 Å². The highest BCUT2D eigenvalue weighted by atomic mass is 16.5. The monoisotopic (exact) mass is 296 g/mol. The summed E-state index contributed by atoms with van der Waals surface area (Å²) < 4.78 is 5.09. The molecule has 0 saturated heterocycles. The average molecular weight is 296 g/mol. The van der Waals surface area contributed by atoms with E-state index in [4.69, 9.17) is 9.84 Å². The van der Waals surface area contributed by atoms with E-state index in [1.54, 1.807) is 13.2 Å². The molecule has 1 atom stereocenters. The Morgan fingerprint density at radius 2 is 2.10 bits per heavy atom. The number of aromatic nitrogens is 1. The van der Waals surface area contributed by atoms with Crippen LogP contribution in [0.5, 0.6) is 0 Å². The number of hydrogen-bond acceptors (Lipinski definition) is 5. The Balaban J connectivity index is 3.10. The van der Waals surface area contributed by atoms with Crippen molar-refractivity contribution in [2.24, 2.45) is 0 Å². The Hall–Kier alpha value is -1.66. The number of anilines is 1. The number of methoxy groups -OCH3 is 1. The smallest absolute Gasteiger partial charge is 0.335 e. The Bertz CT molecular complexity index is 477. The van der Waals surface area contributed by atoms with Gasteiger partial charge in [0.25, 0.3) is 0 Å².